The number of rotatable bonds is 1. The summed E-state index contributed by atoms with van der Waals surface area (Å²) in [5.74, 6) is -0.879. The van der Waals surface area contributed by atoms with Gasteiger partial charge in [-0.2, -0.15) is 0 Å². The van der Waals surface area contributed by atoms with E-state index < -0.39 is 5.97 Å². The molecule has 1 saturated heterocycles. The standard InChI is InChI=1S/C7H6O2.C4H9NO.C3H8/c8-7(9)6-4-2-1-3-5-6;1-3-6-4-2-5-1;1-3-2/h1-5H,(H,8,9);5H,1-4H2;3H2,1-2H3. The highest BCUT2D eigenvalue weighted by Gasteiger charge is 1.96. The summed E-state index contributed by atoms with van der Waals surface area (Å²) in [6, 6.07) is 8.30. The van der Waals surface area contributed by atoms with E-state index in [1.165, 1.54) is 6.42 Å². The van der Waals surface area contributed by atoms with Gasteiger partial charge in [-0.05, 0) is 12.1 Å². The van der Waals surface area contributed by atoms with Gasteiger partial charge in [-0.25, -0.2) is 4.79 Å². The van der Waals surface area contributed by atoms with E-state index in [4.69, 9.17) is 9.84 Å². The summed E-state index contributed by atoms with van der Waals surface area (Å²) in [5.41, 5.74) is 0.331. The molecule has 0 amide bonds. The van der Waals surface area contributed by atoms with Crippen molar-refractivity contribution in [2.24, 2.45) is 0 Å². The third-order valence-corrected chi connectivity index (χ3v) is 1.87. The van der Waals surface area contributed by atoms with Crippen molar-refractivity contribution in [1.29, 1.82) is 0 Å². The first-order valence-electron chi connectivity index (χ1n) is 6.29. The summed E-state index contributed by atoms with van der Waals surface area (Å²) >= 11 is 0. The van der Waals surface area contributed by atoms with Gasteiger partial charge < -0.3 is 15.2 Å². The number of ether oxygens (including phenoxy) is 1. The van der Waals surface area contributed by atoms with E-state index in [2.05, 4.69) is 19.2 Å². The van der Waals surface area contributed by atoms with Crippen molar-refractivity contribution in [3.8, 4) is 0 Å². The fourth-order valence-electron chi connectivity index (χ4n) is 1.10. The zero-order valence-electron chi connectivity index (χ0n) is 11.2. The number of carboxylic acid groups (broad SMARTS) is 1. The molecule has 4 heteroatoms. The molecule has 4 nitrogen and oxygen atoms in total. The largest absolute Gasteiger partial charge is 0.478 e. The second kappa shape index (κ2) is 12.1. The van der Waals surface area contributed by atoms with Gasteiger partial charge in [0.25, 0.3) is 0 Å². The van der Waals surface area contributed by atoms with Crippen molar-refractivity contribution in [1.82, 2.24) is 5.32 Å². The van der Waals surface area contributed by atoms with Gasteiger partial charge in [0.1, 0.15) is 0 Å². The molecule has 0 aliphatic carbocycles. The molecular weight excluding hydrogens is 230 g/mol. The fraction of sp³-hybridized carbons (Fsp3) is 0.500. The highest BCUT2D eigenvalue weighted by atomic mass is 16.5. The molecule has 18 heavy (non-hydrogen) atoms. The minimum Gasteiger partial charge on any atom is -0.478 e. The SMILES string of the molecule is C1COCCN1.CCC.O=C(O)c1ccccc1. The Kier molecular flexibility index (Phi) is 11.1. The first-order valence-corrected chi connectivity index (χ1v) is 6.29. The van der Waals surface area contributed by atoms with Crippen molar-refractivity contribution < 1.29 is 14.6 Å². The highest BCUT2D eigenvalue weighted by Crippen LogP contribution is 1.96. The molecule has 102 valence electrons. The highest BCUT2D eigenvalue weighted by molar-refractivity contribution is 5.87. The Hall–Kier alpha value is -1.39. The minimum atomic E-state index is -0.879. The molecule has 2 rings (SSSR count). The average molecular weight is 253 g/mol. The van der Waals surface area contributed by atoms with Crippen molar-refractivity contribution >= 4 is 5.97 Å². The zero-order valence-corrected chi connectivity index (χ0v) is 11.2. The van der Waals surface area contributed by atoms with Gasteiger partial charge in [-0.1, -0.05) is 38.5 Å². The summed E-state index contributed by atoms with van der Waals surface area (Å²) in [6.45, 7) is 8.08. The molecule has 0 bridgehead atoms. The third-order valence-electron chi connectivity index (χ3n) is 1.87. The molecule has 0 spiro atoms. The third kappa shape index (κ3) is 9.81. The minimum absolute atomic E-state index is 0.331. The molecule has 0 unspecified atom stereocenters. The quantitative estimate of drug-likeness (QED) is 0.807. The van der Waals surface area contributed by atoms with Crippen molar-refractivity contribution in [3.05, 3.63) is 35.9 Å². The lowest BCUT2D eigenvalue weighted by Crippen LogP contribution is -2.30. The Balaban J connectivity index is 0.000000278. The van der Waals surface area contributed by atoms with Crippen LogP contribution in [0.4, 0.5) is 0 Å². The van der Waals surface area contributed by atoms with Crippen LogP contribution in [0.25, 0.3) is 0 Å². The lowest BCUT2D eigenvalue weighted by Gasteiger charge is -2.10. The first kappa shape index (κ1) is 16.6. The van der Waals surface area contributed by atoms with E-state index in [-0.39, 0.29) is 0 Å². The van der Waals surface area contributed by atoms with E-state index >= 15 is 0 Å². The summed E-state index contributed by atoms with van der Waals surface area (Å²) < 4.78 is 5.01. The molecule has 0 atom stereocenters. The molecule has 1 aliphatic rings. The smallest absolute Gasteiger partial charge is 0.335 e. The topological polar surface area (TPSA) is 58.6 Å². The number of hydrogen-bond acceptors (Lipinski definition) is 3. The van der Waals surface area contributed by atoms with Crippen LogP contribution in [-0.2, 0) is 4.74 Å². The van der Waals surface area contributed by atoms with Crippen LogP contribution in [0.15, 0.2) is 30.3 Å². The van der Waals surface area contributed by atoms with Crippen LogP contribution in [-0.4, -0.2) is 37.4 Å². The van der Waals surface area contributed by atoms with E-state index in [0.717, 1.165) is 26.3 Å². The van der Waals surface area contributed by atoms with E-state index in [0.29, 0.717) is 5.56 Å². The normalized spacial score (nSPS) is 13.4. The Morgan fingerprint density at radius 1 is 1.22 bits per heavy atom. The number of carboxylic acids is 1. The number of nitrogens with one attached hydrogen (secondary N) is 1. The predicted molar refractivity (Wildman–Crippen MR) is 73.1 cm³/mol. The summed E-state index contributed by atoms with van der Waals surface area (Å²) in [7, 11) is 0. The number of carbonyl (C=O) groups is 1. The molecule has 1 aromatic rings. The average Bonchev–Trinajstić information content (AvgIpc) is 2.43. The van der Waals surface area contributed by atoms with Gasteiger partial charge in [0.15, 0.2) is 0 Å². The van der Waals surface area contributed by atoms with Gasteiger partial charge >= 0.3 is 5.97 Å². The maximum absolute atomic E-state index is 10.2. The van der Waals surface area contributed by atoms with Gasteiger partial charge in [0.2, 0.25) is 0 Å². The van der Waals surface area contributed by atoms with Crippen LogP contribution in [0.1, 0.15) is 30.6 Å². The molecule has 1 fully saturated rings. The zero-order chi connectivity index (χ0) is 13.6. The second-order valence-electron chi connectivity index (χ2n) is 3.74. The molecule has 1 aliphatic heterocycles. The molecule has 1 aromatic carbocycles. The Morgan fingerprint density at radius 2 is 1.72 bits per heavy atom. The summed E-state index contributed by atoms with van der Waals surface area (Å²) in [4.78, 5) is 10.2. The van der Waals surface area contributed by atoms with Crippen molar-refractivity contribution in [3.63, 3.8) is 0 Å². The molecule has 0 radical (unpaired) electrons. The van der Waals surface area contributed by atoms with Crippen LogP contribution in [0.3, 0.4) is 0 Å². The van der Waals surface area contributed by atoms with Gasteiger partial charge in [0, 0.05) is 13.1 Å². The van der Waals surface area contributed by atoms with Gasteiger partial charge in [-0.3, -0.25) is 0 Å². The molecule has 0 aromatic heterocycles. The maximum atomic E-state index is 10.2. The Bertz CT molecular complexity index is 286. The monoisotopic (exact) mass is 253 g/mol. The van der Waals surface area contributed by atoms with Crippen molar-refractivity contribution in [2.75, 3.05) is 26.3 Å². The van der Waals surface area contributed by atoms with Gasteiger partial charge in [0.05, 0.1) is 18.8 Å². The molecule has 1 heterocycles. The maximum Gasteiger partial charge on any atom is 0.335 e. The second-order valence-corrected chi connectivity index (χ2v) is 3.74. The summed E-state index contributed by atoms with van der Waals surface area (Å²) in [5, 5.41) is 11.5. The lowest BCUT2D eigenvalue weighted by atomic mass is 10.2. The number of benzene rings is 1. The van der Waals surface area contributed by atoms with Crippen LogP contribution in [0.2, 0.25) is 0 Å². The van der Waals surface area contributed by atoms with E-state index in [1.807, 2.05) is 0 Å². The van der Waals surface area contributed by atoms with E-state index in [1.54, 1.807) is 30.3 Å². The van der Waals surface area contributed by atoms with E-state index in [9.17, 15) is 4.79 Å². The summed E-state index contributed by atoms with van der Waals surface area (Å²) in [6.07, 6.45) is 1.25. The first-order chi connectivity index (χ1) is 8.72. The molecule has 2 N–H and O–H groups in total. The fourth-order valence-corrected chi connectivity index (χ4v) is 1.10. The van der Waals surface area contributed by atoms with Crippen LogP contribution < -0.4 is 5.32 Å². The number of morpholine rings is 1. The Labute approximate surface area is 109 Å². The van der Waals surface area contributed by atoms with Gasteiger partial charge in [-0.15, -0.1) is 0 Å². The number of aromatic carboxylic acids is 1. The van der Waals surface area contributed by atoms with Crippen LogP contribution >= 0.6 is 0 Å². The predicted octanol–water partition coefficient (Wildman–Crippen LogP) is 2.41. The van der Waals surface area contributed by atoms with Crippen LogP contribution in [0, 0.1) is 0 Å². The van der Waals surface area contributed by atoms with Crippen molar-refractivity contribution in [2.45, 2.75) is 20.3 Å². The Morgan fingerprint density at radius 3 is 1.94 bits per heavy atom. The molecule has 0 saturated carbocycles. The number of hydrogen-bond donors (Lipinski definition) is 2. The lowest BCUT2D eigenvalue weighted by molar-refractivity contribution is 0.0697. The van der Waals surface area contributed by atoms with Crippen LogP contribution in [0.5, 0.6) is 0 Å². The molecular formula is C14H23NO3.